The Morgan fingerprint density at radius 1 is 1.53 bits per heavy atom. The first-order chi connectivity index (χ1) is 8.26. The van der Waals surface area contributed by atoms with Crippen LogP contribution in [0.25, 0.3) is 0 Å². The monoisotopic (exact) mass is 237 g/mol. The Kier molecular flexibility index (Phi) is 4.05. The molecule has 2 atom stereocenters. The van der Waals surface area contributed by atoms with Gasteiger partial charge in [-0.05, 0) is 25.7 Å². The van der Waals surface area contributed by atoms with Gasteiger partial charge in [-0.1, -0.05) is 13.3 Å². The van der Waals surface area contributed by atoms with Crippen LogP contribution in [0.4, 0.5) is 0 Å². The molecular formula is C13H23N3O. The molecule has 0 aliphatic heterocycles. The second kappa shape index (κ2) is 5.54. The zero-order chi connectivity index (χ0) is 12.3. The smallest absolute Gasteiger partial charge is 0.160 e. The lowest BCUT2D eigenvalue weighted by Gasteiger charge is -2.27. The molecule has 1 aromatic heterocycles. The normalized spacial score (nSPS) is 24.9. The molecule has 0 bridgehead atoms. The number of hydrogen-bond acceptors (Lipinski definition) is 3. The van der Waals surface area contributed by atoms with Gasteiger partial charge in [-0.25, -0.2) is 0 Å². The predicted octanol–water partition coefficient (Wildman–Crippen LogP) is 2.29. The summed E-state index contributed by atoms with van der Waals surface area (Å²) in [6.45, 7) is 3.13. The third-order valence-corrected chi connectivity index (χ3v) is 3.60. The van der Waals surface area contributed by atoms with Gasteiger partial charge >= 0.3 is 0 Å². The molecule has 1 heterocycles. The van der Waals surface area contributed by atoms with Gasteiger partial charge in [0.15, 0.2) is 5.75 Å². The molecule has 0 amide bonds. The van der Waals surface area contributed by atoms with Gasteiger partial charge in [-0.2, -0.15) is 5.10 Å². The molecular weight excluding hydrogens is 214 g/mol. The van der Waals surface area contributed by atoms with Crippen molar-refractivity contribution in [3.05, 3.63) is 11.9 Å². The van der Waals surface area contributed by atoms with Gasteiger partial charge in [0.05, 0.1) is 19.0 Å². The van der Waals surface area contributed by atoms with Crippen molar-refractivity contribution in [2.75, 3.05) is 7.11 Å². The Labute approximate surface area is 103 Å². The molecule has 4 nitrogen and oxygen atoms in total. The zero-order valence-electron chi connectivity index (χ0n) is 10.9. The Morgan fingerprint density at radius 2 is 2.35 bits per heavy atom. The molecule has 1 saturated carbocycles. The summed E-state index contributed by atoms with van der Waals surface area (Å²) in [5, 5.41) is 4.43. The van der Waals surface area contributed by atoms with E-state index in [0.29, 0.717) is 12.0 Å². The average molecular weight is 237 g/mol. The van der Waals surface area contributed by atoms with E-state index in [0.717, 1.165) is 31.6 Å². The van der Waals surface area contributed by atoms with E-state index in [-0.39, 0.29) is 0 Å². The number of methoxy groups -OCH3 is 1. The fourth-order valence-electron chi connectivity index (χ4n) is 2.81. The molecule has 17 heavy (non-hydrogen) atoms. The molecule has 96 valence electrons. The lowest BCUT2D eigenvalue weighted by atomic mass is 9.84. The minimum absolute atomic E-state index is 0.337. The van der Waals surface area contributed by atoms with Crippen molar-refractivity contribution in [3.63, 3.8) is 0 Å². The van der Waals surface area contributed by atoms with E-state index >= 15 is 0 Å². The average Bonchev–Trinajstić information content (AvgIpc) is 2.72. The highest BCUT2D eigenvalue weighted by molar-refractivity contribution is 5.29. The van der Waals surface area contributed by atoms with E-state index in [2.05, 4.69) is 16.7 Å². The fraction of sp³-hybridized carbons (Fsp3) is 0.769. The van der Waals surface area contributed by atoms with Crippen molar-refractivity contribution >= 4 is 0 Å². The largest absolute Gasteiger partial charge is 0.493 e. The first-order valence-corrected chi connectivity index (χ1v) is 6.61. The summed E-state index contributed by atoms with van der Waals surface area (Å²) in [5.74, 6) is 1.44. The van der Waals surface area contributed by atoms with Gasteiger partial charge in [0, 0.05) is 18.5 Å². The van der Waals surface area contributed by atoms with Crippen molar-refractivity contribution in [1.29, 1.82) is 0 Å². The molecule has 1 fully saturated rings. The molecule has 0 radical (unpaired) electrons. The maximum atomic E-state index is 6.08. The van der Waals surface area contributed by atoms with Gasteiger partial charge in [-0.15, -0.1) is 0 Å². The second-order valence-corrected chi connectivity index (χ2v) is 4.94. The molecule has 4 heteroatoms. The van der Waals surface area contributed by atoms with Crippen LogP contribution in [0.1, 0.15) is 50.6 Å². The number of aryl methyl sites for hydroxylation is 1. The van der Waals surface area contributed by atoms with Crippen molar-refractivity contribution in [1.82, 2.24) is 9.78 Å². The topological polar surface area (TPSA) is 53.1 Å². The summed E-state index contributed by atoms with van der Waals surface area (Å²) in [7, 11) is 1.72. The van der Waals surface area contributed by atoms with Crippen LogP contribution in [0.3, 0.4) is 0 Å². The molecule has 0 spiro atoms. The summed E-state index contributed by atoms with van der Waals surface area (Å²) in [4.78, 5) is 0. The number of hydrogen-bond donors (Lipinski definition) is 1. The van der Waals surface area contributed by atoms with Crippen LogP contribution >= 0.6 is 0 Å². The van der Waals surface area contributed by atoms with Crippen molar-refractivity contribution < 1.29 is 4.74 Å². The van der Waals surface area contributed by atoms with E-state index in [1.807, 2.05) is 6.20 Å². The van der Waals surface area contributed by atoms with Gasteiger partial charge in [0.2, 0.25) is 0 Å². The number of nitrogens with zero attached hydrogens (tertiary/aromatic N) is 2. The lowest BCUT2D eigenvalue weighted by molar-refractivity contribution is 0.352. The zero-order valence-corrected chi connectivity index (χ0v) is 10.9. The highest BCUT2D eigenvalue weighted by Crippen LogP contribution is 2.37. The first-order valence-electron chi connectivity index (χ1n) is 6.61. The first kappa shape index (κ1) is 12.4. The maximum absolute atomic E-state index is 6.08. The standard InChI is InChI=1S/C13H23N3O/c1-3-7-16-13(12(17-2)9-15-16)10-5-4-6-11(14)8-10/h9-11H,3-8,14H2,1-2H3. The Balaban J connectivity index is 2.24. The molecule has 2 unspecified atom stereocenters. The predicted molar refractivity (Wildman–Crippen MR) is 68.3 cm³/mol. The summed E-state index contributed by atoms with van der Waals surface area (Å²) in [6, 6.07) is 0.337. The molecule has 2 rings (SSSR count). The van der Waals surface area contributed by atoms with Crippen LogP contribution in [-0.4, -0.2) is 22.9 Å². The van der Waals surface area contributed by atoms with Crippen LogP contribution in [0.5, 0.6) is 5.75 Å². The quantitative estimate of drug-likeness (QED) is 0.874. The summed E-state index contributed by atoms with van der Waals surface area (Å²) in [5.41, 5.74) is 7.33. The van der Waals surface area contributed by atoms with Gasteiger partial charge in [0.1, 0.15) is 0 Å². The number of rotatable bonds is 4. The minimum atomic E-state index is 0.337. The van der Waals surface area contributed by atoms with Gasteiger partial charge in [-0.3, -0.25) is 4.68 Å². The molecule has 0 aromatic carbocycles. The van der Waals surface area contributed by atoms with Gasteiger partial charge in [0.25, 0.3) is 0 Å². The summed E-state index contributed by atoms with van der Waals surface area (Å²) < 4.78 is 7.54. The van der Waals surface area contributed by atoms with Crippen molar-refractivity contribution in [2.24, 2.45) is 5.73 Å². The molecule has 0 saturated heterocycles. The third-order valence-electron chi connectivity index (χ3n) is 3.60. The highest BCUT2D eigenvalue weighted by atomic mass is 16.5. The second-order valence-electron chi connectivity index (χ2n) is 4.94. The van der Waals surface area contributed by atoms with E-state index in [1.54, 1.807) is 7.11 Å². The number of nitrogens with two attached hydrogens (primary N) is 1. The lowest BCUT2D eigenvalue weighted by Crippen LogP contribution is -2.28. The Bertz CT molecular complexity index is 362. The molecule has 2 N–H and O–H groups in total. The van der Waals surface area contributed by atoms with E-state index in [4.69, 9.17) is 10.5 Å². The van der Waals surface area contributed by atoms with E-state index < -0.39 is 0 Å². The van der Waals surface area contributed by atoms with Crippen molar-refractivity contribution in [2.45, 2.75) is 57.5 Å². The van der Waals surface area contributed by atoms with Crippen molar-refractivity contribution in [3.8, 4) is 5.75 Å². The highest BCUT2D eigenvalue weighted by Gasteiger charge is 2.26. The van der Waals surface area contributed by atoms with Crippen LogP contribution < -0.4 is 10.5 Å². The molecule has 1 aliphatic carbocycles. The third kappa shape index (κ3) is 2.63. The Hall–Kier alpha value is -1.03. The Morgan fingerprint density at radius 3 is 3.00 bits per heavy atom. The summed E-state index contributed by atoms with van der Waals surface area (Å²) in [6.07, 6.45) is 7.57. The van der Waals surface area contributed by atoms with Crippen LogP contribution in [0, 0.1) is 0 Å². The summed E-state index contributed by atoms with van der Waals surface area (Å²) >= 11 is 0. The maximum Gasteiger partial charge on any atom is 0.160 e. The van der Waals surface area contributed by atoms with E-state index in [1.165, 1.54) is 18.5 Å². The van der Waals surface area contributed by atoms with Crippen LogP contribution in [0.2, 0.25) is 0 Å². The van der Waals surface area contributed by atoms with E-state index in [9.17, 15) is 0 Å². The van der Waals surface area contributed by atoms with Crippen LogP contribution in [0.15, 0.2) is 6.20 Å². The number of ether oxygens (including phenoxy) is 1. The SMILES string of the molecule is CCCn1ncc(OC)c1C1CCCC(N)C1. The molecule has 1 aromatic rings. The molecule has 1 aliphatic rings. The fourth-order valence-corrected chi connectivity index (χ4v) is 2.81. The van der Waals surface area contributed by atoms with Gasteiger partial charge < -0.3 is 10.5 Å². The number of aromatic nitrogens is 2. The van der Waals surface area contributed by atoms with Crippen LogP contribution in [-0.2, 0) is 6.54 Å². The minimum Gasteiger partial charge on any atom is -0.493 e.